The van der Waals surface area contributed by atoms with Crippen LogP contribution in [0.25, 0.3) is 0 Å². The van der Waals surface area contributed by atoms with E-state index in [1.165, 1.54) is 24.2 Å². The number of hydrogen-bond donors (Lipinski definition) is 2. The zero-order valence-corrected chi connectivity index (χ0v) is 22.7. The van der Waals surface area contributed by atoms with Crippen LogP contribution in [0, 0.1) is 0 Å². The Balaban J connectivity index is 2.09. The summed E-state index contributed by atoms with van der Waals surface area (Å²) in [5.74, 6) is -1.32. The summed E-state index contributed by atoms with van der Waals surface area (Å²) in [6, 6.07) is 16.1. The Kier molecular flexibility index (Phi) is 8.88. The number of carbonyl (C=O) groups excluding carboxylic acids is 4. The van der Waals surface area contributed by atoms with Crippen molar-refractivity contribution >= 4 is 29.2 Å². The molecule has 0 fully saturated rings. The summed E-state index contributed by atoms with van der Waals surface area (Å²) < 4.78 is 5.12. The third kappa shape index (κ3) is 7.18. The lowest BCUT2D eigenvalue weighted by molar-refractivity contribution is -0.127. The quantitative estimate of drug-likeness (QED) is 0.387. The van der Waals surface area contributed by atoms with E-state index in [1.54, 1.807) is 30.3 Å². The van der Waals surface area contributed by atoms with Crippen LogP contribution in [0.5, 0.6) is 0 Å². The lowest BCUT2D eigenvalue weighted by Crippen LogP contribution is -2.51. The zero-order chi connectivity index (χ0) is 28.0. The van der Waals surface area contributed by atoms with Crippen LogP contribution in [0.15, 0.2) is 71.3 Å². The number of nitrogens with one attached hydrogen (secondary N) is 2. The predicted octanol–water partition coefficient (Wildman–Crippen LogP) is 5.02. The Labute approximate surface area is 223 Å². The van der Waals surface area contributed by atoms with E-state index in [4.69, 9.17) is 4.42 Å². The smallest absolute Gasteiger partial charge is 0.287 e. The number of ketones is 1. The first-order valence-corrected chi connectivity index (χ1v) is 12.5. The molecule has 8 nitrogen and oxygen atoms in total. The molecule has 38 heavy (non-hydrogen) atoms. The van der Waals surface area contributed by atoms with Crippen molar-refractivity contribution in [2.24, 2.45) is 0 Å². The minimum absolute atomic E-state index is 0.0641. The van der Waals surface area contributed by atoms with Crippen LogP contribution in [0.2, 0.25) is 0 Å². The van der Waals surface area contributed by atoms with E-state index >= 15 is 0 Å². The zero-order valence-electron chi connectivity index (χ0n) is 22.7. The van der Waals surface area contributed by atoms with Crippen LogP contribution >= 0.6 is 0 Å². The van der Waals surface area contributed by atoms with Crippen LogP contribution in [0.1, 0.15) is 85.5 Å². The summed E-state index contributed by atoms with van der Waals surface area (Å²) in [5.41, 5.74) is 1.86. The van der Waals surface area contributed by atoms with E-state index in [-0.39, 0.29) is 17.5 Å². The molecule has 0 saturated carbocycles. The van der Waals surface area contributed by atoms with Gasteiger partial charge in [-0.25, -0.2) is 0 Å². The molecule has 0 aliphatic rings. The second kappa shape index (κ2) is 11.9. The molecule has 3 rings (SSSR count). The minimum atomic E-state index is -1.06. The van der Waals surface area contributed by atoms with E-state index in [0.717, 1.165) is 5.56 Å². The summed E-state index contributed by atoms with van der Waals surface area (Å²) in [6.07, 6.45) is 1.37. The molecular formula is C30H35N3O5. The molecule has 1 heterocycles. The summed E-state index contributed by atoms with van der Waals surface area (Å²) in [7, 11) is 0. The van der Waals surface area contributed by atoms with Crippen molar-refractivity contribution in [3.05, 3.63) is 89.4 Å². The summed E-state index contributed by atoms with van der Waals surface area (Å²) in [4.78, 5) is 53.5. The SMILES string of the molecule is CC(=O)c1cccc(N(C(=O)CNC(=O)c2ccco2)[C@@H](C(=O)NC(C)(C)C)c2ccc(C(C)C)cc2)c1. The van der Waals surface area contributed by atoms with Gasteiger partial charge in [0.25, 0.3) is 5.91 Å². The Morgan fingerprint density at radius 1 is 0.921 bits per heavy atom. The van der Waals surface area contributed by atoms with Gasteiger partial charge in [-0.2, -0.15) is 0 Å². The highest BCUT2D eigenvalue weighted by Crippen LogP contribution is 2.30. The molecule has 2 aromatic carbocycles. The number of furan rings is 1. The Morgan fingerprint density at radius 2 is 1.58 bits per heavy atom. The third-order valence-electron chi connectivity index (χ3n) is 5.87. The number of benzene rings is 2. The average molecular weight is 518 g/mol. The van der Waals surface area contributed by atoms with Crippen molar-refractivity contribution in [2.75, 3.05) is 11.4 Å². The van der Waals surface area contributed by atoms with Gasteiger partial charge in [0.15, 0.2) is 11.5 Å². The maximum absolute atomic E-state index is 13.8. The highest BCUT2D eigenvalue weighted by atomic mass is 16.3. The van der Waals surface area contributed by atoms with Gasteiger partial charge in [-0.3, -0.25) is 24.1 Å². The molecule has 8 heteroatoms. The van der Waals surface area contributed by atoms with Crippen LogP contribution in [0.3, 0.4) is 0 Å². The van der Waals surface area contributed by atoms with Crippen molar-refractivity contribution in [1.82, 2.24) is 10.6 Å². The van der Waals surface area contributed by atoms with E-state index in [2.05, 4.69) is 24.5 Å². The van der Waals surface area contributed by atoms with Gasteiger partial charge in [-0.15, -0.1) is 0 Å². The van der Waals surface area contributed by atoms with Crippen molar-refractivity contribution in [1.29, 1.82) is 0 Å². The molecule has 0 unspecified atom stereocenters. The molecule has 0 bridgehead atoms. The minimum Gasteiger partial charge on any atom is -0.459 e. The molecule has 0 spiro atoms. The number of carbonyl (C=O) groups is 4. The highest BCUT2D eigenvalue weighted by molar-refractivity contribution is 6.05. The Bertz CT molecular complexity index is 1290. The maximum Gasteiger partial charge on any atom is 0.287 e. The standard InChI is InChI=1S/C30H35N3O5/c1-19(2)21-12-14-22(15-13-21)27(29(37)32-30(4,5)6)33(24-10-7-9-23(17-24)20(3)34)26(35)18-31-28(36)25-11-8-16-38-25/h7-17,19,27H,18H2,1-6H3,(H,31,36)(H,32,37)/t27-/m1/s1. The molecule has 200 valence electrons. The van der Waals surface area contributed by atoms with Gasteiger partial charge in [-0.05, 0) is 69.0 Å². The molecule has 0 aliphatic heterocycles. The molecule has 0 aliphatic carbocycles. The number of hydrogen-bond acceptors (Lipinski definition) is 5. The number of nitrogens with zero attached hydrogens (tertiary/aromatic N) is 1. The fourth-order valence-electron chi connectivity index (χ4n) is 3.97. The van der Waals surface area contributed by atoms with Crippen molar-refractivity contribution in [3.63, 3.8) is 0 Å². The topological polar surface area (TPSA) is 109 Å². The van der Waals surface area contributed by atoms with Crippen molar-refractivity contribution < 1.29 is 23.6 Å². The van der Waals surface area contributed by atoms with Gasteiger partial charge in [0.1, 0.15) is 6.04 Å². The summed E-state index contributed by atoms with van der Waals surface area (Å²) >= 11 is 0. The average Bonchev–Trinajstić information content (AvgIpc) is 3.40. The van der Waals surface area contributed by atoms with Gasteiger partial charge in [0.2, 0.25) is 11.8 Å². The lowest BCUT2D eigenvalue weighted by Gasteiger charge is -2.34. The second-order valence-corrected chi connectivity index (χ2v) is 10.5. The van der Waals surface area contributed by atoms with Gasteiger partial charge in [0, 0.05) is 16.8 Å². The summed E-state index contributed by atoms with van der Waals surface area (Å²) in [5, 5.41) is 5.55. The molecule has 3 amide bonds. The molecular weight excluding hydrogens is 482 g/mol. The van der Waals surface area contributed by atoms with Gasteiger partial charge < -0.3 is 15.1 Å². The molecule has 0 radical (unpaired) electrons. The number of amides is 3. The van der Waals surface area contributed by atoms with E-state index in [9.17, 15) is 19.2 Å². The molecule has 0 saturated heterocycles. The second-order valence-electron chi connectivity index (χ2n) is 10.5. The molecule has 1 aromatic heterocycles. The third-order valence-corrected chi connectivity index (χ3v) is 5.87. The lowest BCUT2D eigenvalue weighted by atomic mass is 9.96. The van der Waals surface area contributed by atoms with Crippen LogP contribution in [0.4, 0.5) is 5.69 Å². The maximum atomic E-state index is 13.8. The Hall–Kier alpha value is -4.20. The number of rotatable bonds is 9. The molecule has 3 aromatic rings. The first-order valence-electron chi connectivity index (χ1n) is 12.5. The highest BCUT2D eigenvalue weighted by Gasteiger charge is 2.35. The van der Waals surface area contributed by atoms with Crippen molar-refractivity contribution in [2.45, 2.75) is 59.0 Å². The first kappa shape index (κ1) is 28.4. The fourth-order valence-corrected chi connectivity index (χ4v) is 3.97. The van der Waals surface area contributed by atoms with Gasteiger partial charge >= 0.3 is 0 Å². The molecule has 2 N–H and O–H groups in total. The van der Waals surface area contributed by atoms with Gasteiger partial charge in [0.05, 0.1) is 12.8 Å². The van der Waals surface area contributed by atoms with Crippen molar-refractivity contribution in [3.8, 4) is 0 Å². The normalized spacial score (nSPS) is 12.1. The fraction of sp³-hybridized carbons (Fsp3) is 0.333. The Morgan fingerprint density at radius 3 is 2.13 bits per heavy atom. The molecule has 1 atom stereocenters. The van der Waals surface area contributed by atoms with E-state index in [1.807, 2.05) is 45.0 Å². The largest absolute Gasteiger partial charge is 0.459 e. The predicted molar refractivity (Wildman–Crippen MR) is 146 cm³/mol. The van der Waals surface area contributed by atoms with Gasteiger partial charge in [-0.1, -0.05) is 50.2 Å². The van der Waals surface area contributed by atoms with Crippen LogP contribution < -0.4 is 15.5 Å². The van der Waals surface area contributed by atoms with E-state index < -0.39 is 35.8 Å². The monoisotopic (exact) mass is 517 g/mol. The van der Waals surface area contributed by atoms with Crippen LogP contribution in [-0.4, -0.2) is 35.6 Å². The summed E-state index contributed by atoms with van der Waals surface area (Å²) in [6.45, 7) is 10.8. The first-order chi connectivity index (χ1) is 17.9. The van der Waals surface area contributed by atoms with Crippen LogP contribution in [-0.2, 0) is 9.59 Å². The number of anilines is 1. The van der Waals surface area contributed by atoms with E-state index in [0.29, 0.717) is 16.8 Å². The number of Topliss-reactive ketones (excluding diaryl/α,β-unsaturated/α-hetero) is 1.